The molecule has 0 radical (unpaired) electrons. The number of hydrogen-bond donors (Lipinski definition) is 2. The van der Waals surface area contributed by atoms with Crippen LogP contribution in [0.5, 0.6) is 0 Å². The average Bonchev–Trinajstić information content (AvgIpc) is 2.73. The van der Waals surface area contributed by atoms with E-state index in [-0.39, 0.29) is 6.04 Å². The van der Waals surface area contributed by atoms with Crippen LogP contribution in [-0.4, -0.2) is 14.8 Å². The first-order valence-electron chi connectivity index (χ1n) is 5.23. The molecule has 17 heavy (non-hydrogen) atoms. The van der Waals surface area contributed by atoms with Crippen molar-refractivity contribution in [3.8, 4) is 0 Å². The van der Waals surface area contributed by atoms with Gasteiger partial charge in [-0.2, -0.15) is 5.10 Å². The minimum absolute atomic E-state index is 0.0466. The second-order valence-electron chi connectivity index (χ2n) is 3.84. The SMILES string of the molecule is Cn1cc(CC(NN)c2ccncc2Cl)cn1. The van der Waals surface area contributed by atoms with Gasteiger partial charge in [-0.15, -0.1) is 0 Å². The monoisotopic (exact) mass is 251 g/mol. The predicted octanol–water partition coefficient (Wildman–Crippen LogP) is 1.22. The summed E-state index contributed by atoms with van der Waals surface area (Å²) in [7, 11) is 1.88. The summed E-state index contributed by atoms with van der Waals surface area (Å²) in [6.07, 6.45) is 7.83. The Hall–Kier alpha value is -1.43. The maximum Gasteiger partial charge on any atom is 0.0637 e. The minimum Gasteiger partial charge on any atom is -0.276 e. The van der Waals surface area contributed by atoms with Gasteiger partial charge in [0.2, 0.25) is 0 Å². The lowest BCUT2D eigenvalue weighted by atomic mass is 10.0. The van der Waals surface area contributed by atoms with Crippen LogP contribution in [0, 0.1) is 0 Å². The molecule has 2 heterocycles. The Labute approximate surface area is 105 Å². The average molecular weight is 252 g/mol. The van der Waals surface area contributed by atoms with E-state index in [9.17, 15) is 0 Å². The molecule has 2 aromatic rings. The molecule has 0 saturated carbocycles. The Kier molecular flexibility index (Phi) is 3.73. The van der Waals surface area contributed by atoms with Crippen LogP contribution in [0.1, 0.15) is 17.2 Å². The summed E-state index contributed by atoms with van der Waals surface area (Å²) in [5.41, 5.74) is 4.81. The second kappa shape index (κ2) is 5.27. The zero-order valence-corrected chi connectivity index (χ0v) is 10.2. The van der Waals surface area contributed by atoms with E-state index in [1.165, 1.54) is 0 Å². The molecule has 0 aliphatic heterocycles. The van der Waals surface area contributed by atoms with Gasteiger partial charge in [0.25, 0.3) is 0 Å². The van der Waals surface area contributed by atoms with Crippen molar-refractivity contribution in [2.24, 2.45) is 12.9 Å². The normalized spacial score (nSPS) is 12.6. The largest absolute Gasteiger partial charge is 0.276 e. The van der Waals surface area contributed by atoms with Gasteiger partial charge in [-0.1, -0.05) is 11.6 Å². The highest BCUT2D eigenvalue weighted by atomic mass is 35.5. The van der Waals surface area contributed by atoms with Crippen molar-refractivity contribution in [1.29, 1.82) is 0 Å². The van der Waals surface area contributed by atoms with E-state index in [1.807, 2.05) is 25.5 Å². The number of aromatic nitrogens is 3. The van der Waals surface area contributed by atoms with Crippen LogP contribution < -0.4 is 11.3 Å². The zero-order valence-electron chi connectivity index (χ0n) is 9.47. The number of nitrogens with zero attached hydrogens (tertiary/aromatic N) is 3. The number of halogens is 1. The Bertz CT molecular complexity index is 496. The minimum atomic E-state index is -0.0466. The van der Waals surface area contributed by atoms with Gasteiger partial charge in [0.1, 0.15) is 0 Å². The van der Waals surface area contributed by atoms with Crippen molar-refractivity contribution in [1.82, 2.24) is 20.2 Å². The Morgan fingerprint density at radius 2 is 2.35 bits per heavy atom. The van der Waals surface area contributed by atoms with Gasteiger partial charge in [0.05, 0.1) is 17.3 Å². The fraction of sp³-hybridized carbons (Fsp3) is 0.273. The van der Waals surface area contributed by atoms with E-state index in [0.29, 0.717) is 5.02 Å². The Morgan fingerprint density at radius 3 is 2.94 bits per heavy atom. The molecule has 6 heteroatoms. The number of hydrogen-bond acceptors (Lipinski definition) is 4. The van der Waals surface area contributed by atoms with Gasteiger partial charge in [-0.3, -0.25) is 20.9 Å². The smallest absolute Gasteiger partial charge is 0.0637 e. The zero-order chi connectivity index (χ0) is 12.3. The summed E-state index contributed by atoms with van der Waals surface area (Å²) < 4.78 is 1.76. The van der Waals surface area contributed by atoms with Crippen LogP contribution in [0.4, 0.5) is 0 Å². The van der Waals surface area contributed by atoms with Crippen molar-refractivity contribution in [3.63, 3.8) is 0 Å². The maximum atomic E-state index is 6.09. The van der Waals surface area contributed by atoms with Crippen LogP contribution in [0.25, 0.3) is 0 Å². The van der Waals surface area contributed by atoms with Crippen LogP contribution in [0.2, 0.25) is 5.02 Å². The quantitative estimate of drug-likeness (QED) is 0.633. The van der Waals surface area contributed by atoms with Crippen LogP contribution in [0.15, 0.2) is 30.9 Å². The summed E-state index contributed by atoms with van der Waals surface area (Å²) in [5.74, 6) is 5.57. The molecule has 0 saturated heterocycles. The summed E-state index contributed by atoms with van der Waals surface area (Å²) in [5, 5.41) is 4.73. The molecule has 2 aromatic heterocycles. The molecule has 0 aliphatic carbocycles. The van der Waals surface area contributed by atoms with Gasteiger partial charge < -0.3 is 0 Å². The maximum absolute atomic E-state index is 6.09. The van der Waals surface area contributed by atoms with Crippen molar-refractivity contribution in [3.05, 3.63) is 47.0 Å². The van der Waals surface area contributed by atoms with Crippen molar-refractivity contribution in [2.75, 3.05) is 0 Å². The standard InChI is InChI=1S/C11H14ClN5/c1-17-7-8(5-15-17)4-11(16-13)9-2-3-14-6-10(9)12/h2-3,5-7,11,16H,4,13H2,1H3. The number of nitrogens with two attached hydrogens (primary N) is 1. The van der Waals surface area contributed by atoms with E-state index in [2.05, 4.69) is 15.5 Å². The Morgan fingerprint density at radius 1 is 1.53 bits per heavy atom. The molecule has 0 fully saturated rings. The number of hydrazine groups is 1. The molecule has 0 aliphatic rings. The number of rotatable bonds is 4. The summed E-state index contributed by atoms with van der Waals surface area (Å²) in [4.78, 5) is 3.96. The van der Waals surface area contributed by atoms with Gasteiger partial charge in [0.15, 0.2) is 0 Å². The molecule has 0 aromatic carbocycles. The highest BCUT2D eigenvalue weighted by Gasteiger charge is 2.14. The molecule has 0 bridgehead atoms. The summed E-state index contributed by atoms with van der Waals surface area (Å²) in [6.45, 7) is 0. The van der Waals surface area contributed by atoms with Crippen molar-refractivity contribution < 1.29 is 0 Å². The van der Waals surface area contributed by atoms with Crippen molar-refractivity contribution in [2.45, 2.75) is 12.5 Å². The van der Waals surface area contributed by atoms with Crippen molar-refractivity contribution >= 4 is 11.6 Å². The lowest BCUT2D eigenvalue weighted by Gasteiger charge is -2.16. The van der Waals surface area contributed by atoms with Gasteiger partial charge in [-0.25, -0.2) is 0 Å². The van der Waals surface area contributed by atoms with Crippen LogP contribution in [-0.2, 0) is 13.5 Å². The third kappa shape index (κ3) is 2.82. The predicted molar refractivity (Wildman–Crippen MR) is 66.2 cm³/mol. The van der Waals surface area contributed by atoms with Crippen LogP contribution in [0.3, 0.4) is 0 Å². The van der Waals surface area contributed by atoms with Gasteiger partial charge in [-0.05, 0) is 23.6 Å². The van der Waals surface area contributed by atoms with E-state index in [0.717, 1.165) is 17.5 Å². The Balaban J connectivity index is 2.20. The molecular weight excluding hydrogens is 238 g/mol. The lowest BCUT2D eigenvalue weighted by Crippen LogP contribution is -2.29. The molecule has 2 rings (SSSR count). The fourth-order valence-electron chi connectivity index (χ4n) is 1.74. The van der Waals surface area contributed by atoms with Gasteiger partial charge in [0, 0.05) is 25.6 Å². The molecule has 3 N–H and O–H groups in total. The third-order valence-corrected chi connectivity index (χ3v) is 2.89. The van der Waals surface area contributed by atoms with E-state index in [4.69, 9.17) is 17.4 Å². The summed E-state index contributed by atoms with van der Waals surface area (Å²) >= 11 is 6.09. The van der Waals surface area contributed by atoms with Gasteiger partial charge >= 0.3 is 0 Å². The number of pyridine rings is 1. The molecule has 90 valence electrons. The highest BCUT2D eigenvalue weighted by Crippen LogP contribution is 2.23. The first-order valence-corrected chi connectivity index (χ1v) is 5.61. The second-order valence-corrected chi connectivity index (χ2v) is 4.25. The van der Waals surface area contributed by atoms with E-state index >= 15 is 0 Å². The molecule has 0 amide bonds. The summed E-state index contributed by atoms with van der Waals surface area (Å²) in [6, 6.07) is 1.82. The molecule has 0 spiro atoms. The lowest BCUT2D eigenvalue weighted by molar-refractivity contribution is 0.551. The molecule has 5 nitrogen and oxygen atoms in total. The van der Waals surface area contributed by atoms with E-state index < -0.39 is 0 Å². The van der Waals surface area contributed by atoms with Crippen LogP contribution >= 0.6 is 11.6 Å². The topological polar surface area (TPSA) is 68.8 Å². The molecular formula is C11H14ClN5. The van der Waals surface area contributed by atoms with E-state index in [1.54, 1.807) is 17.1 Å². The fourth-order valence-corrected chi connectivity index (χ4v) is 1.99. The highest BCUT2D eigenvalue weighted by molar-refractivity contribution is 6.31. The third-order valence-electron chi connectivity index (χ3n) is 2.58. The molecule has 1 unspecified atom stereocenters. The number of nitrogens with one attached hydrogen (secondary N) is 1. The first-order chi connectivity index (χ1) is 8.20. The first kappa shape index (κ1) is 12.0. The molecule has 1 atom stereocenters. The number of aryl methyl sites for hydroxylation is 1.